The first kappa shape index (κ1) is 21.2. The van der Waals surface area contributed by atoms with Crippen molar-refractivity contribution in [3.8, 4) is 11.1 Å². The maximum absolute atomic E-state index is 13.2. The fourth-order valence-electron chi connectivity index (χ4n) is 3.37. The van der Waals surface area contributed by atoms with E-state index in [9.17, 15) is 18.3 Å². The van der Waals surface area contributed by atoms with Crippen molar-refractivity contribution in [1.82, 2.24) is 4.31 Å². The van der Waals surface area contributed by atoms with E-state index in [-0.39, 0.29) is 11.4 Å². The van der Waals surface area contributed by atoms with Gasteiger partial charge in [-0.1, -0.05) is 24.3 Å². The molecule has 150 valence electrons. The minimum atomic E-state index is -3.90. The molecule has 0 amide bonds. The van der Waals surface area contributed by atoms with Gasteiger partial charge in [-0.15, -0.1) is 11.8 Å². The smallest absolute Gasteiger partial charge is 0.323 e. The van der Waals surface area contributed by atoms with Gasteiger partial charge in [0.1, 0.15) is 6.04 Å². The molecule has 1 atom stereocenters. The molecule has 0 aromatic heterocycles. The van der Waals surface area contributed by atoms with Gasteiger partial charge in [-0.05, 0) is 55.5 Å². The number of sulfonamides is 1. The molecular weight excluding hydrogens is 414 g/mol. The molecule has 0 aliphatic carbocycles. The Bertz CT molecular complexity index is 954. The van der Waals surface area contributed by atoms with E-state index in [4.69, 9.17) is 0 Å². The Kier molecular flexibility index (Phi) is 6.14. The zero-order valence-corrected chi connectivity index (χ0v) is 18.4. The monoisotopic (exact) mass is 437 g/mol. The average Bonchev–Trinajstić information content (AvgIpc) is 2.67. The Morgan fingerprint density at radius 1 is 1.11 bits per heavy atom. The summed E-state index contributed by atoms with van der Waals surface area (Å²) in [6.45, 7) is 3.74. The van der Waals surface area contributed by atoms with Gasteiger partial charge >= 0.3 is 5.97 Å². The van der Waals surface area contributed by atoms with Crippen molar-refractivity contribution in [3.05, 3.63) is 48.5 Å². The second-order valence-electron chi connectivity index (χ2n) is 7.06. The molecular formula is C20H23NO4S3. The second-order valence-corrected chi connectivity index (χ2v) is 11.6. The van der Waals surface area contributed by atoms with Gasteiger partial charge in [-0.25, -0.2) is 8.42 Å². The van der Waals surface area contributed by atoms with Crippen LogP contribution >= 0.6 is 23.5 Å². The van der Waals surface area contributed by atoms with E-state index in [2.05, 4.69) is 0 Å². The van der Waals surface area contributed by atoms with Gasteiger partial charge in [0.05, 0.1) is 4.90 Å². The molecule has 2 aromatic carbocycles. The highest BCUT2D eigenvalue weighted by Gasteiger charge is 2.48. The number of rotatable bonds is 5. The lowest BCUT2D eigenvalue weighted by atomic mass is 10.0. The summed E-state index contributed by atoms with van der Waals surface area (Å²) in [7, 11) is -3.90. The van der Waals surface area contributed by atoms with E-state index >= 15 is 0 Å². The van der Waals surface area contributed by atoms with Crippen LogP contribution in [-0.4, -0.2) is 53.1 Å². The maximum atomic E-state index is 13.2. The standard InChI is InChI=1S/C20H23NO4S3/c1-20(2)18(19(22)23)21(12-13-27-20)28(24,25)17-10-6-15(7-11-17)14-4-8-16(26-3)9-5-14/h4-11,18H,12-13H2,1-3H3,(H,22,23). The van der Waals surface area contributed by atoms with Crippen molar-refractivity contribution in [1.29, 1.82) is 0 Å². The van der Waals surface area contributed by atoms with E-state index < -0.39 is 26.8 Å². The van der Waals surface area contributed by atoms with E-state index in [0.717, 1.165) is 20.3 Å². The molecule has 8 heteroatoms. The Hall–Kier alpha value is -1.48. The van der Waals surface area contributed by atoms with Crippen molar-refractivity contribution in [3.63, 3.8) is 0 Å². The molecule has 0 saturated carbocycles. The van der Waals surface area contributed by atoms with Crippen LogP contribution < -0.4 is 0 Å². The number of carboxylic acid groups (broad SMARTS) is 1. The van der Waals surface area contributed by atoms with Gasteiger partial charge < -0.3 is 5.11 Å². The Morgan fingerprint density at radius 3 is 2.14 bits per heavy atom. The van der Waals surface area contributed by atoms with Crippen molar-refractivity contribution in [2.24, 2.45) is 0 Å². The molecule has 28 heavy (non-hydrogen) atoms. The molecule has 1 heterocycles. The number of hydrogen-bond donors (Lipinski definition) is 1. The van der Waals surface area contributed by atoms with Gasteiger partial charge in [0, 0.05) is 21.9 Å². The fraction of sp³-hybridized carbons (Fsp3) is 0.350. The summed E-state index contributed by atoms with van der Waals surface area (Å²) in [6, 6.07) is 13.6. The zero-order chi connectivity index (χ0) is 20.5. The molecule has 0 radical (unpaired) electrons. The summed E-state index contributed by atoms with van der Waals surface area (Å²) in [5.74, 6) is -0.554. The SMILES string of the molecule is CSc1ccc(-c2ccc(S(=O)(=O)N3CCSC(C)(C)C3C(=O)O)cc2)cc1. The Labute approximate surface area is 174 Å². The van der Waals surface area contributed by atoms with Crippen molar-refractivity contribution < 1.29 is 18.3 Å². The van der Waals surface area contributed by atoms with E-state index in [1.165, 1.54) is 11.8 Å². The summed E-state index contributed by atoms with van der Waals surface area (Å²) >= 11 is 3.15. The summed E-state index contributed by atoms with van der Waals surface area (Å²) in [6.07, 6.45) is 2.01. The maximum Gasteiger partial charge on any atom is 0.323 e. The van der Waals surface area contributed by atoms with Crippen LogP contribution in [0.2, 0.25) is 0 Å². The lowest BCUT2D eigenvalue weighted by molar-refractivity contribution is -0.142. The minimum Gasteiger partial charge on any atom is -0.480 e. The van der Waals surface area contributed by atoms with Crippen LogP contribution in [0.25, 0.3) is 11.1 Å². The summed E-state index contributed by atoms with van der Waals surface area (Å²) < 4.78 is 26.8. The molecule has 1 aliphatic rings. The van der Waals surface area contributed by atoms with Crippen LogP contribution in [0.4, 0.5) is 0 Å². The van der Waals surface area contributed by atoms with E-state index in [1.54, 1.807) is 49.9 Å². The molecule has 0 spiro atoms. The van der Waals surface area contributed by atoms with Crippen LogP contribution in [-0.2, 0) is 14.8 Å². The highest BCUT2D eigenvalue weighted by Crippen LogP contribution is 2.38. The summed E-state index contributed by atoms with van der Waals surface area (Å²) in [4.78, 5) is 13.1. The predicted molar refractivity (Wildman–Crippen MR) is 116 cm³/mol. The number of carboxylic acids is 1. The van der Waals surface area contributed by atoms with E-state index in [1.807, 2.05) is 30.5 Å². The third kappa shape index (κ3) is 4.10. The van der Waals surface area contributed by atoms with Crippen molar-refractivity contribution >= 4 is 39.5 Å². The molecule has 5 nitrogen and oxygen atoms in total. The van der Waals surface area contributed by atoms with Crippen molar-refractivity contribution in [2.75, 3.05) is 18.6 Å². The lowest BCUT2D eigenvalue weighted by Gasteiger charge is -2.42. The number of nitrogens with zero attached hydrogens (tertiary/aromatic N) is 1. The minimum absolute atomic E-state index is 0.117. The number of carbonyl (C=O) groups is 1. The molecule has 1 fully saturated rings. The molecule has 1 saturated heterocycles. The lowest BCUT2D eigenvalue weighted by Crippen LogP contribution is -2.58. The van der Waals surface area contributed by atoms with E-state index in [0.29, 0.717) is 5.75 Å². The normalized spacial score (nSPS) is 20.0. The topological polar surface area (TPSA) is 74.7 Å². The fourth-order valence-corrected chi connectivity index (χ4v) is 6.88. The van der Waals surface area contributed by atoms with Gasteiger partial charge in [0.15, 0.2) is 0 Å². The predicted octanol–water partition coefficient (Wildman–Crippen LogP) is 4.04. The largest absolute Gasteiger partial charge is 0.480 e. The van der Waals surface area contributed by atoms with Gasteiger partial charge in [0.25, 0.3) is 0 Å². The highest BCUT2D eigenvalue weighted by atomic mass is 32.2. The van der Waals surface area contributed by atoms with Crippen molar-refractivity contribution in [2.45, 2.75) is 34.4 Å². The summed E-state index contributed by atoms with van der Waals surface area (Å²) in [5, 5.41) is 9.67. The van der Waals surface area contributed by atoms with Crippen LogP contribution in [0.15, 0.2) is 58.3 Å². The average molecular weight is 438 g/mol. The number of hydrogen-bond acceptors (Lipinski definition) is 5. The molecule has 3 rings (SSSR count). The van der Waals surface area contributed by atoms with Gasteiger partial charge in [0.2, 0.25) is 10.0 Å². The molecule has 2 aromatic rings. The first-order valence-corrected chi connectivity index (χ1v) is 12.4. The molecule has 1 unspecified atom stereocenters. The zero-order valence-electron chi connectivity index (χ0n) is 16.0. The van der Waals surface area contributed by atoms with Gasteiger partial charge in [-0.3, -0.25) is 4.79 Å². The number of aliphatic carboxylic acids is 1. The third-order valence-electron chi connectivity index (χ3n) is 4.85. The Balaban J connectivity index is 1.92. The molecule has 1 N–H and O–H groups in total. The second kappa shape index (κ2) is 8.10. The Morgan fingerprint density at radius 2 is 1.64 bits per heavy atom. The first-order chi connectivity index (χ1) is 13.2. The van der Waals surface area contributed by atoms with Gasteiger partial charge in [-0.2, -0.15) is 16.1 Å². The summed E-state index contributed by atoms with van der Waals surface area (Å²) in [5.41, 5.74) is 1.91. The quantitative estimate of drug-likeness (QED) is 0.712. The number of benzene rings is 2. The molecule has 1 aliphatic heterocycles. The van der Waals surface area contributed by atoms with Crippen LogP contribution in [0.1, 0.15) is 13.8 Å². The van der Waals surface area contributed by atoms with Crippen LogP contribution in [0.3, 0.4) is 0 Å². The van der Waals surface area contributed by atoms with Crippen LogP contribution in [0, 0.1) is 0 Å². The highest BCUT2D eigenvalue weighted by molar-refractivity contribution is 8.01. The number of thioether (sulfide) groups is 2. The molecule has 0 bridgehead atoms. The third-order valence-corrected chi connectivity index (χ3v) is 8.83. The van der Waals surface area contributed by atoms with Crippen LogP contribution in [0.5, 0.6) is 0 Å². The first-order valence-electron chi connectivity index (χ1n) is 8.80.